The summed E-state index contributed by atoms with van der Waals surface area (Å²) in [5, 5.41) is 3.93. The fourth-order valence-corrected chi connectivity index (χ4v) is 20.7. The second-order valence-corrected chi connectivity index (χ2v) is 30.9. The van der Waals surface area contributed by atoms with Crippen LogP contribution in [-0.4, -0.2) is 0 Å². The van der Waals surface area contributed by atoms with Gasteiger partial charge in [0.1, 0.15) is 35.4 Å². The highest BCUT2D eigenvalue weighted by Crippen LogP contribution is 2.55. The molecule has 0 spiro atoms. The van der Waals surface area contributed by atoms with Crippen molar-refractivity contribution in [2.75, 3.05) is 0 Å². The summed E-state index contributed by atoms with van der Waals surface area (Å²) in [4.78, 5) is 1.34. The van der Waals surface area contributed by atoms with Gasteiger partial charge in [-0.1, -0.05) is 296 Å². The van der Waals surface area contributed by atoms with Crippen LogP contribution in [0.2, 0.25) is 0 Å². The second kappa shape index (κ2) is 26.0. The molecule has 4 aromatic heterocycles. The van der Waals surface area contributed by atoms with Gasteiger partial charge in [-0.25, -0.2) is 0 Å². The van der Waals surface area contributed by atoms with Gasteiger partial charge in [0.05, 0.1) is 16.7 Å². The highest BCUT2D eigenvalue weighted by molar-refractivity contribution is 7.22. The van der Waals surface area contributed by atoms with Crippen LogP contribution in [0.1, 0.15) is 16.7 Å². The van der Waals surface area contributed by atoms with Crippen LogP contribution >= 0.6 is 34.0 Å². The quantitative estimate of drug-likeness (QED) is 0.156. The summed E-state index contributed by atoms with van der Waals surface area (Å²) >= 11 is 5.65. The predicted molar refractivity (Wildman–Crippen MR) is 445 cm³/mol. The molecule has 0 fully saturated rings. The molecule has 18 aromatic rings. The lowest BCUT2D eigenvalue weighted by molar-refractivity contribution is -0.659. The first kappa shape index (κ1) is 63.9. The van der Waals surface area contributed by atoms with Crippen LogP contribution in [-0.2, 0) is 21.1 Å². The Morgan fingerprint density at radius 2 is 0.552 bits per heavy atom. The standard InChI is InChI=1S/3C33H24NS/c1-21-19-29-26-15-7-5-13-24(26)22-11-3-4-12-23(22)25-14-6-8-16-27(25)30(29)20-28(21)33-34(2)31-17-9-10-18-32(31)35-33;1-21-22-11-9-10-18-30(22)35-33(21)32-31-28-17-8-7-15-26(28)24-13-4-3-12-23(24)25-14-5-6-16-27(25)29(31)19-20-34(32)2;1-21-19-20-28-26-15-6-5-13-24(26)22-11-3-4-12-23(22)25-14-7-8-16-27(25)32(28)31(21)33-34(2)29-17-9-10-18-30(29)35-33/h3*3-20H,1-2H3/q3*+1. The first-order chi connectivity index (χ1) is 51.6. The number of aromatic nitrogens is 3. The van der Waals surface area contributed by atoms with E-state index in [-0.39, 0.29) is 0 Å². The highest BCUT2D eigenvalue weighted by atomic mass is 32.1. The van der Waals surface area contributed by atoms with Crippen LogP contribution in [0.15, 0.2) is 328 Å². The molecule has 0 bridgehead atoms. The van der Waals surface area contributed by atoms with Crippen LogP contribution in [0, 0.1) is 20.8 Å². The van der Waals surface area contributed by atoms with Gasteiger partial charge in [-0.3, -0.25) is 0 Å². The molecule has 14 aromatic carbocycles. The van der Waals surface area contributed by atoms with E-state index >= 15 is 0 Å². The van der Waals surface area contributed by atoms with Crippen molar-refractivity contribution in [1.82, 2.24) is 0 Å². The Labute approximate surface area is 625 Å². The van der Waals surface area contributed by atoms with Gasteiger partial charge < -0.3 is 0 Å². The Bertz CT molecular complexity index is 6220. The number of fused-ring (bicyclic) bond motifs is 27. The average molecular weight is 1400 g/mol. The van der Waals surface area contributed by atoms with Gasteiger partial charge in [-0.15, -0.1) is 11.3 Å². The van der Waals surface area contributed by atoms with Gasteiger partial charge in [0.2, 0.25) is 16.7 Å². The van der Waals surface area contributed by atoms with Crippen molar-refractivity contribution in [3.8, 4) is 165 Å². The SMILES string of the molecule is Cc1c(-c2c3c(cc[n+]2C)-c2ccccc2-c2ccccc2-c2ccccc2-3)sc2ccccc12.Cc1cc2c(cc1-c1sc3ccccc3[n+]1C)-c1ccccc1-c1ccccc1-c1ccccc1-2.Cc1ccc2c(c1-c1sc3ccccc3[n+]1C)-c1ccccc1-c1ccccc1-c1ccccc1-2. The van der Waals surface area contributed by atoms with E-state index in [0.29, 0.717) is 0 Å². The van der Waals surface area contributed by atoms with Crippen LogP contribution < -0.4 is 13.7 Å². The third kappa shape index (κ3) is 10.5. The van der Waals surface area contributed by atoms with Crippen molar-refractivity contribution in [3.63, 3.8) is 0 Å². The molecule has 6 heteroatoms. The van der Waals surface area contributed by atoms with E-state index in [9.17, 15) is 0 Å². The van der Waals surface area contributed by atoms with Crippen LogP contribution in [0.25, 0.3) is 196 Å². The van der Waals surface area contributed by atoms with Gasteiger partial charge in [0.25, 0.3) is 10.0 Å². The van der Waals surface area contributed by atoms with Gasteiger partial charge >= 0.3 is 0 Å². The van der Waals surface area contributed by atoms with Crippen molar-refractivity contribution >= 4 is 64.5 Å². The zero-order valence-corrected chi connectivity index (χ0v) is 61.7. The molecule has 0 N–H and O–H groups in total. The Morgan fingerprint density at radius 1 is 0.229 bits per heavy atom. The maximum absolute atomic E-state index is 2.43. The summed E-state index contributed by atoms with van der Waals surface area (Å²) in [7, 11) is 6.57. The number of thiazole rings is 2. The van der Waals surface area contributed by atoms with Crippen molar-refractivity contribution in [1.29, 1.82) is 0 Å². The fraction of sp³-hybridized carbons (Fsp3) is 0.0606. The molecule has 0 amide bonds. The summed E-state index contributed by atoms with van der Waals surface area (Å²) in [5.41, 5.74) is 41.4. The maximum Gasteiger partial charge on any atom is 0.270 e. The molecule has 0 aliphatic heterocycles. The minimum Gasteiger partial charge on any atom is -0.200 e. The van der Waals surface area contributed by atoms with Crippen LogP contribution in [0.3, 0.4) is 0 Å². The molecule has 3 nitrogen and oxygen atoms in total. The normalized spacial score (nSPS) is 11.7. The molecule has 21 rings (SSSR count). The number of benzene rings is 14. The van der Waals surface area contributed by atoms with E-state index < -0.39 is 0 Å². The lowest BCUT2D eigenvalue weighted by atomic mass is 9.78. The summed E-state index contributed by atoms with van der Waals surface area (Å²) in [6, 6.07) is 118. The zero-order chi connectivity index (χ0) is 70.6. The minimum atomic E-state index is 1.27. The highest BCUT2D eigenvalue weighted by Gasteiger charge is 2.34. The molecule has 0 unspecified atom stereocenters. The molecule has 498 valence electrons. The third-order valence-electron chi connectivity index (χ3n) is 21.9. The van der Waals surface area contributed by atoms with E-state index in [4.69, 9.17) is 0 Å². The average Bonchev–Trinajstić information content (AvgIpc) is 1.59. The van der Waals surface area contributed by atoms with Crippen molar-refractivity contribution < 1.29 is 13.7 Å². The predicted octanol–water partition coefficient (Wildman–Crippen LogP) is 26.0. The topological polar surface area (TPSA) is 11.6 Å². The molecule has 105 heavy (non-hydrogen) atoms. The van der Waals surface area contributed by atoms with E-state index in [1.807, 2.05) is 34.0 Å². The lowest BCUT2D eigenvalue weighted by Gasteiger charge is -2.24. The zero-order valence-electron chi connectivity index (χ0n) is 59.2. The van der Waals surface area contributed by atoms with Gasteiger partial charge in [-0.05, 0) is 190 Å². The maximum atomic E-state index is 2.43. The molecule has 0 saturated carbocycles. The number of aryl methyl sites for hydroxylation is 6. The Balaban J connectivity index is 0.000000108. The van der Waals surface area contributed by atoms with Crippen molar-refractivity contribution in [2.45, 2.75) is 20.8 Å². The molecular weight excluding hydrogens is 1330 g/mol. The number of pyridine rings is 1. The monoisotopic (exact) mass is 1400 g/mol. The van der Waals surface area contributed by atoms with E-state index in [0.717, 1.165) is 0 Å². The molecule has 0 radical (unpaired) electrons. The third-order valence-corrected chi connectivity index (χ3v) is 25.6. The van der Waals surface area contributed by atoms with Crippen LogP contribution in [0.4, 0.5) is 0 Å². The minimum absolute atomic E-state index is 1.27. The second-order valence-electron chi connectivity index (χ2n) is 27.8. The number of thiophene rings is 1. The molecule has 4 heterocycles. The number of nitrogens with zero attached hydrogens (tertiary/aromatic N) is 3. The van der Waals surface area contributed by atoms with Crippen molar-refractivity contribution in [2.24, 2.45) is 21.1 Å². The summed E-state index contributed by atoms with van der Waals surface area (Å²) in [6.45, 7) is 6.77. The largest absolute Gasteiger partial charge is 0.270 e. The number of hydrogen-bond donors (Lipinski definition) is 0. The van der Waals surface area contributed by atoms with Gasteiger partial charge in [0.15, 0.2) is 6.20 Å². The van der Waals surface area contributed by atoms with Crippen LogP contribution in [0.5, 0.6) is 0 Å². The lowest BCUT2D eigenvalue weighted by Crippen LogP contribution is -2.31. The van der Waals surface area contributed by atoms with Gasteiger partial charge in [-0.2, -0.15) is 13.7 Å². The van der Waals surface area contributed by atoms with Crippen molar-refractivity contribution in [3.05, 3.63) is 344 Å². The number of hydrogen-bond acceptors (Lipinski definition) is 3. The number of rotatable bonds is 3. The molecule has 3 aliphatic rings. The molecule has 0 saturated heterocycles. The molecular formula is C99H72N3S3+3. The van der Waals surface area contributed by atoms with E-state index in [1.54, 1.807) is 0 Å². The summed E-state index contributed by atoms with van der Waals surface area (Å²) in [6.07, 6.45) is 2.23. The summed E-state index contributed by atoms with van der Waals surface area (Å²) < 4.78 is 11.0. The van der Waals surface area contributed by atoms with E-state index in [2.05, 4.69) is 383 Å². The first-order valence-corrected chi connectivity index (χ1v) is 38.5. The first-order valence-electron chi connectivity index (χ1n) is 36.1. The van der Waals surface area contributed by atoms with E-state index in [1.165, 1.54) is 212 Å². The smallest absolute Gasteiger partial charge is 0.200 e. The van der Waals surface area contributed by atoms with Gasteiger partial charge in [0, 0.05) is 34.0 Å². The molecule has 3 aliphatic carbocycles. The molecule has 0 atom stereocenters. The Hall–Kier alpha value is -12.0. The number of para-hydroxylation sites is 2. The Morgan fingerprint density at radius 3 is 0.981 bits per heavy atom. The fourth-order valence-electron chi connectivity index (χ4n) is 16.9. The summed E-state index contributed by atoms with van der Waals surface area (Å²) in [5.74, 6) is 0. The Kier molecular flexibility index (Phi) is 15.8.